The molecule has 2 heterocycles. The number of carbonyl (C=O) groups is 1. The fourth-order valence-electron chi connectivity index (χ4n) is 2.63. The number of benzene rings is 1. The number of alkyl halides is 1. The minimum Gasteiger partial charge on any atom is -0.315 e. The Morgan fingerprint density at radius 1 is 1.30 bits per heavy atom. The highest BCUT2D eigenvalue weighted by atomic mass is 35.5. The molecule has 0 N–H and O–H groups in total. The zero-order chi connectivity index (χ0) is 14.3. The molecule has 20 heavy (non-hydrogen) atoms. The molecular weight excluding hydrogens is 290 g/mol. The molecule has 2 nitrogen and oxygen atoms in total. The van der Waals surface area contributed by atoms with Gasteiger partial charge in [-0.15, -0.1) is 22.9 Å². The van der Waals surface area contributed by atoms with Gasteiger partial charge >= 0.3 is 0 Å². The van der Waals surface area contributed by atoms with Crippen molar-refractivity contribution in [1.29, 1.82) is 0 Å². The molecule has 0 aliphatic carbocycles. The Morgan fingerprint density at radius 2 is 2.10 bits per heavy atom. The molecule has 1 unspecified atom stereocenters. The maximum atomic E-state index is 11.7. The molecule has 0 saturated heterocycles. The number of nitrogens with zero attached hydrogens (tertiary/aromatic N) is 1. The number of amides is 1. The number of thiophene rings is 1. The van der Waals surface area contributed by atoms with Crippen molar-refractivity contribution in [2.75, 3.05) is 11.9 Å². The van der Waals surface area contributed by atoms with Crippen LogP contribution in [0.15, 0.2) is 29.6 Å². The number of halogens is 1. The molecule has 2 aromatic rings. The van der Waals surface area contributed by atoms with Crippen molar-refractivity contribution in [3.8, 4) is 0 Å². The third-order valence-electron chi connectivity index (χ3n) is 3.87. The average molecular weight is 306 g/mol. The SMILES string of the molecule is Cc1ccsc1C(Cl)c1ccc2c(c1)CCC(=O)N2C. The minimum absolute atomic E-state index is 0.108. The standard InChI is InChI=1S/C16H16ClNOS/c1-10-7-8-20-16(10)15(17)12-3-5-13-11(9-12)4-6-14(19)18(13)2/h3,5,7-9,15H,4,6H2,1-2H3. The molecular formula is C16H16ClNOS. The Kier molecular flexibility index (Phi) is 3.57. The van der Waals surface area contributed by atoms with Crippen LogP contribution < -0.4 is 4.90 Å². The van der Waals surface area contributed by atoms with Gasteiger partial charge in [0.15, 0.2) is 0 Å². The zero-order valence-corrected chi connectivity index (χ0v) is 13.1. The fourth-order valence-corrected chi connectivity index (χ4v) is 4.02. The molecule has 0 spiro atoms. The largest absolute Gasteiger partial charge is 0.315 e. The van der Waals surface area contributed by atoms with E-state index in [-0.39, 0.29) is 11.3 Å². The first-order valence-electron chi connectivity index (χ1n) is 6.65. The molecule has 4 heteroatoms. The van der Waals surface area contributed by atoms with E-state index in [1.165, 1.54) is 16.0 Å². The highest BCUT2D eigenvalue weighted by Gasteiger charge is 2.22. The minimum atomic E-state index is -0.108. The number of hydrogen-bond donors (Lipinski definition) is 0. The molecule has 3 rings (SSSR count). The monoisotopic (exact) mass is 305 g/mol. The van der Waals surface area contributed by atoms with Gasteiger partial charge in [-0.25, -0.2) is 0 Å². The first-order valence-corrected chi connectivity index (χ1v) is 7.97. The van der Waals surface area contributed by atoms with Crippen LogP contribution in [-0.2, 0) is 11.2 Å². The van der Waals surface area contributed by atoms with Crippen molar-refractivity contribution in [3.05, 3.63) is 51.2 Å². The lowest BCUT2D eigenvalue weighted by Crippen LogP contribution is -2.31. The summed E-state index contributed by atoms with van der Waals surface area (Å²) in [6, 6.07) is 8.29. The molecule has 1 aromatic carbocycles. The number of aryl methyl sites for hydroxylation is 2. The number of rotatable bonds is 2. The Balaban J connectivity index is 1.97. The van der Waals surface area contributed by atoms with Crippen molar-refractivity contribution in [1.82, 2.24) is 0 Å². The van der Waals surface area contributed by atoms with Crippen LogP contribution >= 0.6 is 22.9 Å². The summed E-state index contributed by atoms with van der Waals surface area (Å²) in [7, 11) is 1.83. The second-order valence-electron chi connectivity index (χ2n) is 5.17. The summed E-state index contributed by atoms with van der Waals surface area (Å²) in [5.74, 6) is 0.182. The molecule has 0 radical (unpaired) electrons. The van der Waals surface area contributed by atoms with Gasteiger partial charge in [-0.05, 0) is 47.5 Å². The van der Waals surface area contributed by atoms with Crippen LogP contribution in [0.4, 0.5) is 5.69 Å². The van der Waals surface area contributed by atoms with Crippen molar-refractivity contribution < 1.29 is 4.79 Å². The lowest BCUT2D eigenvalue weighted by atomic mass is 9.97. The lowest BCUT2D eigenvalue weighted by molar-refractivity contribution is -0.118. The van der Waals surface area contributed by atoms with Crippen LogP contribution in [-0.4, -0.2) is 13.0 Å². The fraction of sp³-hybridized carbons (Fsp3) is 0.312. The van der Waals surface area contributed by atoms with E-state index in [9.17, 15) is 4.79 Å². The molecule has 0 fully saturated rings. The normalized spacial score (nSPS) is 16.1. The van der Waals surface area contributed by atoms with Gasteiger partial charge in [-0.3, -0.25) is 4.79 Å². The highest BCUT2D eigenvalue weighted by molar-refractivity contribution is 7.10. The summed E-state index contributed by atoms with van der Waals surface area (Å²) < 4.78 is 0. The van der Waals surface area contributed by atoms with Crippen molar-refractivity contribution in [2.24, 2.45) is 0 Å². The van der Waals surface area contributed by atoms with Crippen LogP contribution in [0.2, 0.25) is 0 Å². The maximum Gasteiger partial charge on any atom is 0.227 e. The van der Waals surface area contributed by atoms with Crippen molar-refractivity contribution >= 4 is 34.5 Å². The van der Waals surface area contributed by atoms with Gasteiger partial charge in [0.1, 0.15) is 0 Å². The van der Waals surface area contributed by atoms with Crippen LogP contribution in [0, 0.1) is 6.92 Å². The predicted octanol–water partition coefficient (Wildman–Crippen LogP) is 4.29. The Hall–Kier alpha value is -1.32. The summed E-state index contributed by atoms with van der Waals surface area (Å²) >= 11 is 8.31. The van der Waals surface area contributed by atoms with Gasteiger partial charge < -0.3 is 4.90 Å². The third kappa shape index (κ3) is 2.25. The average Bonchev–Trinajstić information content (AvgIpc) is 2.88. The molecule has 1 amide bonds. The summed E-state index contributed by atoms with van der Waals surface area (Å²) in [5.41, 5.74) is 4.57. The topological polar surface area (TPSA) is 20.3 Å². The number of carbonyl (C=O) groups excluding carboxylic acids is 1. The first kappa shape index (κ1) is 13.7. The van der Waals surface area contributed by atoms with Crippen LogP contribution in [0.1, 0.15) is 33.4 Å². The first-order chi connectivity index (χ1) is 9.58. The zero-order valence-electron chi connectivity index (χ0n) is 11.5. The molecule has 0 bridgehead atoms. The van der Waals surface area contributed by atoms with E-state index in [2.05, 4.69) is 24.4 Å². The van der Waals surface area contributed by atoms with Crippen LogP contribution in [0.3, 0.4) is 0 Å². The second kappa shape index (κ2) is 5.23. The highest BCUT2D eigenvalue weighted by Crippen LogP contribution is 2.37. The van der Waals surface area contributed by atoms with Gasteiger partial charge in [0.2, 0.25) is 5.91 Å². The molecule has 1 aliphatic heterocycles. The molecule has 1 atom stereocenters. The Bertz CT molecular complexity index is 664. The molecule has 0 saturated carbocycles. The van der Waals surface area contributed by atoms with Gasteiger partial charge in [-0.2, -0.15) is 0 Å². The second-order valence-corrected chi connectivity index (χ2v) is 6.56. The number of anilines is 1. The van der Waals surface area contributed by atoms with Gasteiger partial charge in [0.05, 0.1) is 5.38 Å². The third-order valence-corrected chi connectivity index (χ3v) is 5.56. The quantitative estimate of drug-likeness (QED) is 0.758. The predicted molar refractivity (Wildman–Crippen MR) is 84.9 cm³/mol. The lowest BCUT2D eigenvalue weighted by Gasteiger charge is -2.26. The van der Waals surface area contributed by atoms with E-state index in [4.69, 9.17) is 11.6 Å². The summed E-state index contributed by atoms with van der Waals surface area (Å²) in [5, 5.41) is 1.97. The van der Waals surface area contributed by atoms with Crippen molar-refractivity contribution in [3.63, 3.8) is 0 Å². The number of fused-ring (bicyclic) bond motifs is 1. The summed E-state index contributed by atoms with van der Waals surface area (Å²) in [6.45, 7) is 2.09. The molecule has 104 valence electrons. The molecule has 1 aromatic heterocycles. The van der Waals surface area contributed by atoms with E-state index in [1.54, 1.807) is 16.2 Å². The number of hydrogen-bond acceptors (Lipinski definition) is 2. The summed E-state index contributed by atoms with van der Waals surface area (Å²) in [4.78, 5) is 14.6. The summed E-state index contributed by atoms with van der Waals surface area (Å²) in [6.07, 6.45) is 1.39. The van der Waals surface area contributed by atoms with E-state index < -0.39 is 0 Å². The van der Waals surface area contributed by atoms with E-state index >= 15 is 0 Å². The molecule has 1 aliphatic rings. The van der Waals surface area contributed by atoms with Crippen LogP contribution in [0.25, 0.3) is 0 Å². The van der Waals surface area contributed by atoms with Gasteiger partial charge in [0.25, 0.3) is 0 Å². The van der Waals surface area contributed by atoms with Crippen LogP contribution in [0.5, 0.6) is 0 Å². The van der Waals surface area contributed by atoms with Gasteiger partial charge in [0, 0.05) is 24.0 Å². The van der Waals surface area contributed by atoms with Gasteiger partial charge in [-0.1, -0.05) is 12.1 Å². The maximum absolute atomic E-state index is 11.7. The van der Waals surface area contributed by atoms with E-state index in [0.717, 1.165) is 17.7 Å². The smallest absolute Gasteiger partial charge is 0.227 e. The van der Waals surface area contributed by atoms with E-state index in [1.807, 2.05) is 19.2 Å². The Morgan fingerprint density at radius 3 is 2.80 bits per heavy atom. The van der Waals surface area contributed by atoms with Crippen molar-refractivity contribution in [2.45, 2.75) is 25.1 Å². The van der Waals surface area contributed by atoms with E-state index in [0.29, 0.717) is 6.42 Å². The Labute approximate surface area is 128 Å².